The van der Waals surface area contributed by atoms with Gasteiger partial charge < -0.3 is 49.6 Å². The molecule has 0 nitrogen and oxygen atoms in total. The molecule has 1 unspecified atom stereocenters. The zero-order valence-corrected chi connectivity index (χ0v) is 19.5. The number of hydrogen-bond acceptors (Lipinski definition) is 0. The van der Waals surface area contributed by atoms with Gasteiger partial charge in [-0.15, -0.1) is 6.42 Å². The van der Waals surface area contributed by atoms with Crippen molar-refractivity contribution in [3.63, 3.8) is 0 Å². The van der Waals surface area contributed by atoms with Crippen LogP contribution in [0, 0.1) is 32.6 Å². The van der Waals surface area contributed by atoms with E-state index in [9.17, 15) is 0 Å². The number of allylic oxidation sites excluding steroid dienone is 4. The summed E-state index contributed by atoms with van der Waals surface area (Å²) >= 11 is 0. The molecule has 2 rings (SSSR count). The van der Waals surface area contributed by atoms with Crippen LogP contribution in [0.15, 0.2) is 18.2 Å². The third-order valence-electron chi connectivity index (χ3n) is 2.53. The van der Waals surface area contributed by atoms with Gasteiger partial charge in [-0.25, -0.2) is 12.2 Å². The normalized spacial score (nSPS) is 9.64. The Kier molecular flexibility index (Phi) is 43.0. The number of aryl methyl sites for hydroxylation is 2. The maximum atomic E-state index is 3.42. The van der Waals surface area contributed by atoms with Crippen molar-refractivity contribution >= 4 is 14.8 Å². The molecule has 0 spiro atoms. The van der Waals surface area contributed by atoms with Crippen molar-refractivity contribution in [3.05, 3.63) is 46.5 Å². The molecule has 1 aliphatic rings. The number of rotatable bonds is 0. The summed E-state index contributed by atoms with van der Waals surface area (Å²) in [6.07, 6.45) is 10.0. The molecule has 0 fully saturated rings. The number of halogens is 4. The standard InChI is InChI=1S/C8H12P.C5H5.C2H6B.4ClH.Ti/c1-6-5-9(4)8(3)7(6)2;1-2-4-5-3-1;1-3-2;;;;;/h1-4H3;1-3H,4H2;1-2H3;4*1H;/q2*-1;;;;;;+4/p-4. The summed E-state index contributed by atoms with van der Waals surface area (Å²) in [5.41, 5.74) is 2.82. The second kappa shape index (κ2) is 24.5. The van der Waals surface area contributed by atoms with E-state index >= 15 is 0 Å². The van der Waals surface area contributed by atoms with Crippen LogP contribution in [-0.4, -0.2) is 7.28 Å². The monoisotopic (exact) mass is 433 g/mol. The van der Waals surface area contributed by atoms with E-state index in [-0.39, 0.29) is 78.9 Å². The molecule has 0 aromatic carbocycles. The molecule has 0 saturated carbocycles. The van der Waals surface area contributed by atoms with Crippen LogP contribution >= 0.6 is 7.53 Å². The fourth-order valence-corrected chi connectivity index (χ4v) is 2.79. The Balaban J connectivity index is -0.0000000437. The molecule has 7 heteroatoms. The van der Waals surface area contributed by atoms with Gasteiger partial charge in [0.25, 0.3) is 0 Å². The summed E-state index contributed by atoms with van der Waals surface area (Å²) in [6.45, 7) is 12.8. The van der Waals surface area contributed by atoms with Gasteiger partial charge in [0.2, 0.25) is 0 Å². The molecule has 0 aliphatic heterocycles. The molecule has 22 heavy (non-hydrogen) atoms. The fourth-order valence-electron chi connectivity index (χ4n) is 1.28. The molecule has 1 aromatic heterocycles. The quantitative estimate of drug-likeness (QED) is 0.281. The second-order valence-electron chi connectivity index (χ2n) is 4.09. The largest absolute Gasteiger partial charge is 4.00 e. The average Bonchev–Trinajstić information content (AvgIpc) is 2.91. The van der Waals surface area contributed by atoms with E-state index in [0.717, 1.165) is 6.42 Å². The van der Waals surface area contributed by atoms with Crippen molar-refractivity contribution in [2.45, 2.75) is 40.8 Å². The third kappa shape index (κ3) is 17.6. The maximum absolute atomic E-state index is 3.42. The van der Waals surface area contributed by atoms with Gasteiger partial charge in [0.05, 0.1) is 0 Å². The third-order valence-corrected chi connectivity index (χ3v) is 4.54. The van der Waals surface area contributed by atoms with Crippen LogP contribution in [0.25, 0.3) is 0 Å². The average molecular weight is 435 g/mol. The summed E-state index contributed by atoms with van der Waals surface area (Å²) in [5, 5.41) is 1.54. The molecular formula is C15H23BCl4PTi-2. The Bertz CT molecular complexity index is 361. The molecule has 125 valence electrons. The van der Waals surface area contributed by atoms with E-state index in [4.69, 9.17) is 0 Å². The first kappa shape index (κ1) is 38.6. The van der Waals surface area contributed by atoms with Crippen LogP contribution < -0.4 is 49.6 Å². The summed E-state index contributed by atoms with van der Waals surface area (Å²) < 4.78 is 0. The zero-order valence-electron chi connectivity index (χ0n) is 14.0. The van der Waals surface area contributed by atoms with E-state index in [1.807, 2.05) is 33.1 Å². The van der Waals surface area contributed by atoms with Crippen LogP contribution in [0.1, 0.15) is 22.8 Å². The Hall–Kier alpha value is 1.20. The Morgan fingerprint density at radius 2 is 1.50 bits per heavy atom. The van der Waals surface area contributed by atoms with Crippen LogP contribution in [0.2, 0.25) is 13.6 Å². The van der Waals surface area contributed by atoms with Crippen LogP contribution in [0.5, 0.6) is 0 Å². The van der Waals surface area contributed by atoms with Crippen molar-refractivity contribution in [2.75, 3.05) is 0 Å². The molecule has 1 aliphatic carbocycles. The van der Waals surface area contributed by atoms with Crippen molar-refractivity contribution in [2.24, 2.45) is 6.66 Å². The molecule has 0 bridgehead atoms. The first-order valence-corrected chi connectivity index (χ1v) is 7.81. The molecule has 1 heterocycles. The first-order chi connectivity index (χ1) is 8.04. The SMILES string of the molecule is C[B]C.Cc1[c-]p(C)c(C)c1C.[C-]1=CC=CC1.[Cl-].[Cl-].[Cl-].[Cl-].[Ti+4]. The minimum absolute atomic E-state index is 0. The molecule has 1 aromatic rings. The van der Waals surface area contributed by atoms with E-state index in [1.165, 1.54) is 11.1 Å². The van der Waals surface area contributed by atoms with Gasteiger partial charge in [0, 0.05) is 0 Å². The minimum atomic E-state index is -0.0123. The van der Waals surface area contributed by atoms with Crippen molar-refractivity contribution in [3.8, 4) is 0 Å². The second-order valence-corrected chi connectivity index (χ2v) is 6.10. The van der Waals surface area contributed by atoms with Gasteiger partial charge in [-0.1, -0.05) is 34.4 Å². The molecule has 1 radical (unpaired) electrons. The van der Waals surface area contributed by atoms with Crippen LogP contribution in [-0.2, 0) is 28.4 Å². The summed E-state index contributed by atoms with van der Waals surface area (Å²) in [4.78, 5) is 0. The van der Waals surface area contributed by atoms with Gasteiger partial charge in [-0.2, -0.15) is 28.3 Å². The fraction of sp³-hybridized carbons (Fsp3) is 0.467. The summed E-state index contributed by atoms with van der Waals surface area (Å²) in [5.74, 6) is 3.42. The van der Waals surface area contributed by atoms with Crippen LogP contribution in [0.3, 0.4) is 0 Å². The molecule has 0 saturated heterocycles. The Labute approximate surface area is 179 Å². The Morgan fingerprint density at radius 1 is 1.05 bits per heavy atom. The predicted molar refractivity (Wildman–Crippen MR) is 82.2 cm³/mol. The topological polar surface area (TPSA) is 0 Å². The van der Waals surface area contributed by atoms with Crippen LogP contribution in [0.4, 0.5) is 0 Å². The summed E-state index contributed by atoms with van der Waals surface area (Å²) in [7, 11) is 1.99. The maximum Gasteiger partial charge on any atom is 4.00 e. The van der Waals surface area contributed by atoms with Crippen molar-refractivity contribution in [1.82, 2.24) is 0 Å². The summed E-state index contributed by atoms with van der Waals surface area (Å²) in [6, 6.07) is 0. The van der Waals surface area contributed by atoms with Gasteiger partial charge >= 0.3 is 21.7 Å². The van der Waals surface area contributed by atoms with Crippen molar-refractivity contribution in [1.29, 1.82) is 0 Å². The molecule has 1 atom stereocenters. The Morgan fingerprint density at radius 3 is 1.59 bits per heavy atom. The molecular weight excluding hydrogens is 412 g/mol. The minimum Gasteiger partial charge on any atom is -1.00 e. The van der Waals surface area contributed by atoms with Gasteiger partial charge in [0.1, 0.15) is 7.28 Å². The first-order valence-electron chi connectivity index (χ1n) is 6.02. The zero-order chi connectivity index (χ0) is 13.3. The number of hydrogen-bond donors (Lipinski definition) is 0. The van der Waals surface area contributed by atoms with E-state index in [2.05, 4.69) is 45.4 Å². The van der Waals surface area contributed by atoms with Gasteiger partial charge in [-0.3, -0.25) is 13.6 Å². The molecule has 0 N–H and O–H groups in total. The van der Waals surface area contributed by atoms with E-state index < -0.39 is 0 Å². The predicted octanol–water partition coefficient (Wildman–Crippen LogP) is -6.96. The van der Waals surface area contributed by atoms with E-state index in [1.54, 1.807) is 5.30 Å². The molecule has 0 amide bonds. The van der Waals surface area contributed by atoms with Gasteiger partial charge in [-0.05, 0) is 6.66 Å². The van der Waals surface area contributed by atoms with Crippen molar-refractivity contribution < 1.29 is 71.3 Å². The van der Waals surface area contributed by atoms with E-state index in [0.29, 0.717) is 0 Å². The van der Waals surface area contributed by atoms with Gasteiger partial charge in [0.15, 0.2) is 0 Å². The smallest absolute Gasteiger partial charge is 1.00 e.